The third kappa shape index (κ3) is 3.11. The molecule has 0 N–H and O–H groups in total. The number of halogens is 1. The molecule has 0 spiro atoms. The Kier molecular flexibility index (Phi) is 3.99. The summed E-state index contributed by atoms with van der Waals surface area (Å²) in [5, 5.41) is 0. The number of methoxy groups -OCH3 is 1. The molecule has 0 aromatic heterocycles. The molecule has 2 aromatic carbocycles. The fourth-order valence-corrected chi connectivity index (χ4v) is 1.60. The second-order valence-electron chi connectivity index (χ2n) is 3.67. The van der Waals surface area contributed by atoms with Crippen LogP contribution < -0.4 is 4.74 Å². The van der Waals surface area contributed by atoms with Gasteiger partial charge in [0.25, 0.3) is 0 Å². The molecule has 4 heteroatoms. The van der Waals surface area contributed by atoms with Gasteiger partial charge in [0.15, 0.2) is 11.6 Å². The van der Waals surface area contributed by atoms with Gasteiger partial charge in [-0.1, -0.05) is 0 Å². The van der Waals surface area contributed by atoms with E-state index in [1.165, 1.54) is 13.2 Å². The Morgan fingerprint density at radius 1 is 1.17 bits per heavy atom. The number of hydrogen-bond donors (Lipinski definition) is 1. The lowest BCUT2D eigenvalue weighted by Crippen LogP contribution is -1.89. The molecule has 92 valence electrons. The van der Waals surface area contributed by atoms with E-state index in [1.54, 1.807) is 18.3 Å². The van der Waals surface area contributed by atoms with Crippen LogP contribution in [-0.4, -0.2) is 13.3 Å². The maximum atomic E-state index is 13.4. The minimum Gasteiger partial charge on any atom is -0.494 e. The first-order valence-electron chi connectivity index (χ1n) is 5.35. The molecule has 0 bridgehead atoms. The van der Waals surface area contributed by atoms with Gasteiger partial charge in [-0.05, 0) is 48.0 Å². The largest absolute Gasteiger partial charge is 0.494 e. The predicted molar refractivity (Wildman–Crippen MR) is 73.9 cm³/mol. The molecule has 2 aromatic rings. The summed E-state index contributed by atoms with van der Waals surface area (Å²) < 4.78 is 18.3. The molecular weight excluding hydrogens is 249 g/mol. The van der Waals surface area contributed by atoms with Crippen LogP contribution in [0.1, 0.15) is 5.56 Å². The lowest BCUT2D eigenvalue weighted by molar-refractivity contribution is 0.386. The van der Waals surface area contributed by atoms with Gasteiger partial charge >= 0.3 is 0 Å². The van der Waals surface area contributed by atoms with Gasteiger partial charge in [0.05, 0.1) is 12.8 Å². The van der Waals surface area contributed by atoms with Gasteiger partial charge in [-0.15, -0.1) is 12.6 Å². The van der Waals surface area contributed by atoms with Crippen molar-refractivity contribution >= 4 is 24.5 Å². The molecule has 0 unspecified atom stereocenters. The van der Waals surface area contributed by atoms with E-state index < -0.39 is 5.82 Å². The number of aliphatic imine (C=N–C) groups is 1. The zero-order valence-electron chi connectivity index (χ0n) is 9.80. The monoisotopic (exact) mass is 261 g/mol. The molecule has 0 fully saturated rings. The molecule has 0 saturated heterocycles. The van der Waals surface area contributed by atoms with Crippen LogP contribution in [0, 0.1) is 5.82 Å². The number of benzene rings is 2. The second kappa shape index (κ2) is 5.69. The standard InChI is InChI=1S/C14H12FNOS/c1-17-14-7-2-10(8-13(14)15)9-16-11-3-5-12(18)6-4-11/h2-9,18H,1H3/b16-9+. The first kappa shape index (κ1) is 12.6. The fraction of sp³-hybridized carbons (Fsp3) is 0.0714. The molecule has 0 aliphatic heterocycles. The van der Waals surface area contributed by atoms with Crippen LogP contribution in [0.15, 0.2) is 52.4 Å². The molecular formula is C14H12FNOS. The minimum absolute atomic E-state index is 0.228. The van der Waals surface area contributed by atoms with E-state index in [2.05, 4.69) is 17.6 Å². The Labute approximate surface area is 111 Å². The van der Waals surface area contributed by atoms with Crippen LogP contribution >= 0.6 is 12.6 Å². The molecule has 18 heavy (non-hydrogen) atoms. The van der Waals surface area contributed by atoms with E-state index in [-0.39, 0.29) is 5.75 Å². The van der Waals surface area contributed by atoms with E-state index in [9.17, 15) is 4.39 Å². The average molecular weight is 261 g/mol. The molecule has 0 atom stereocenters. The Hall–Kier alpha value is -1.81. The van der Waals surface area contributed by atoms with Gasteiger partial charge in [-0.3, -0.25) is 4.99 Å². The summed E-state index contributed by atoms with van der Waals surface area (Å²) in [7, 11) is 1.44. The third-order valence-corrected chi connectivity index (χ3v) is 2.69. The number of hydrogen-bond acceptors (Lipinski definition) is 3. The van der Waals surface area contributed by atoms with Crippen molar-refractivity contribution in [1.29, 1.82) is 0 Å². The van der Waals surface area contributed by atoms with E-state index in [4.69, 9.17) is 4.74 Å². The van der Waals surface area contributed by atoms with Gasteiger partial charge in [0.1, 0.15) is 0 Å². The Balaban J connectivity index is 2.18. The molecule has 0 aliphatic carbocycles. The first-order chi connectivity index (χ1) is 8.69. The van der Waals surface area contributed by atoms with Crippen molar-refractivity contribution < 1.29 is 9.13 Å². The Morgan fingerprint density at radius 3 is 2.50 bits per heavy atom. The van der Waals surface area contributed by atoms with Crippen molar-refractivity contribution in [2.45, 2.75) is 4.90 Å². The summed E-state index contributed by atoms with van der Waals surface area (Å²) in [6.45, 7) is 0. The average Bonchev–Trinajstić information content (AvgIpc) is 2.38. The highest BCUT2D eigenvalue weighted by molar-refractivity contribution is 7.80. The Morgan fingerprint density at radius 2 is 1.89 bits per heavy atom. The molecule has 0 heterocycles. The number of rotatable bonds is 3. The number of thiol groups is 1. The van der Waals surface area contributed by atoms with Gasteiger partial charge in [0, 0.05) is 11.1 Å². The molecule has 2 rings (SSSR count). The normalized spacial score (nSPS) is 10.8. The summed E-state index contributed by atoms with van der Waals surface area (Å²) in [4.78, 5) is 5.13. The van der Waals surface area contributed by atoms with Crippen molar-refractivity contribution in [2.75, 3.05) is 7.11 Å². The topological polar surface area (TPSA) is 21.6 Å². The third-order valence-electron chi connectivity index (χ3n) is 2.39. The van der Waals surface area contributed by atoms with Crippen LogP contribution in [0.4, 0.5) is 10.1 Å². The number of nitrogens with zero attached hydrogens (tertiary/aromatic N) is 1. The molecule has 0 radical (unpaired) electrons. The lowest BCUT2D eigenvalue weighted by Gasteiger charge is -2.01. The molecule has 0 aliphatic rings. The highest BCUT2D eigenvalue weighted by atomic mass is 32.1. The second-order valence-corrected chi connectivity index (χ2v) is 4.18. The highest BCUT2D eigenvalue weighted by Gasteiger charge is 2.01. The van der Waals surface area contributed by atoms with Crippen LogP contribution in [0.25, 0.3) is 0 Å². The Bertz CT molecular complexity index is 567. The van der Waals surface area contributed by atoms with Crippen LogP contribution in [0.5, 0.6) is 5.75 Å². The summed E-state index contributed by atoms with van der Waals surface area (Å²) in [5.41, 5.74) is 1.48. The maximum absolute atomic E-state index is 13.4. The highest BCUT2D eigenvalue weighted by Crippen LogP contribution is 2.18. The lowest BCUT2D eigenvalue weighted by atomic mass is 10.2. The summed E-state index contributed by atoms with van der Waals surface area (Å²) in [6, 6.07) is 12.1. The van der Waals surface area contributed by atoms with Crippen LogP contribution in [0.2, 0.25) is 0 Å². The van der Waals surface area contributed by atoms with Gasteiger partial charge in [-0.2, -0.15) is 0 Å². The summed E-state index contributed by atoms with van der Waals surface area (Å²) in [5.74, 6) is -0.168. The fourth-order valence-electron chi connectivity index (χ4n) is 1.45. The van der Waals surface area contributed by atoms with Gasteiger partial charge in [0.2, 0.25) is 0 Å². The first-order valence-corrected chi connectivity index (χ1v) is 5.80. The summed E-state index contributed by atoms with van der Waals surface area (Å²) >= 11 is 4.19. The van der Waals surface area contributed by atoms with Gasteiger partial charge < -0.3 is 4.74 Å². The zero-order valence-corrected chi connectivity index (χ0v) is 10.7. The van der Waals surface area contributed by atoms with E-state index >= 15 is 0 Å². The molecule has 2 nitrogen and oxygen atoms in total. The van der Waals surface area contributed by atoms with Crippen LogP contribution in [-0.2, 0) is 0 Å². The molecule has 0 amide bonds. The van der Waals surface area contributed by atoms with Crippen molar-refractivity contribution in [3.05, 3.63) is 53.8 Å². The van der Waals surface area contributed by atoms with Crippen LogP contribution in [0.3, 0.4) is 0 Å². The van der Waals surface area contributed by atoms with Gasteiger partial charge in [-0.25, -0.2) is 4.39 Å². The van der Waals surface area contributed by atoms with Crippen molar-refractivity contribution in [1.82, 2.24) is 0 Å². The van der Waals surface area contributed by atoms with Crippen molar-refractivity contribution in [2.24, 2.45) is 4.99 Å². The van der Waals surface area contributed by atoms with E-state index in [1.807, 2.05) is 24.3 Å². The maximum Gasteiger partial charge on any atom is 0.165 e. The SMILES string of the molecule is COc1ccc(/C=N/c2ccc(S)cc2)cc1F. The minimum atomic E-state index is -0.396. The quantitative estimate of drug-likeness (QED) is 0.657. The number of ether oxygens (including phenoxy) is 1. The smallest absolute Gasteiger partial charge is 0.165 e. The zero-order chi connectivity index (χ0) is 13.0. The van der Waals surface area contributed by atoms with Crippen molar-refractivity contribution in [3.63, 3.8) is 0 Å². The van der Waals surface area contributed by atoms with E-state index in [0.29, 0.717) is 5.56 Å². The van der Waals surface area contributed by atoms with E-state index in [0.717, 1.165) is 10.6 Å². The molecule has 0 saturated carbocycles. The summed E-state index contributed by atoms with van der Waals surface area (Å²) in [6.07, 6.45) is 1.61. The predicted octanol–water partition coefficient (Wildman–Crippen LogP) is 3.87. The van der Waals surface area contributed by atoms with Crippen molar-refractivity contribution in [3.8, 4) is 5.75 Å².